The summed E-state index contributed by atoms with van der Waals surface area (Å²) in [7, 11) is 0. The Hall–Kier alpha value is -4.89. The third-order valence-corrected chi connectivity index (χ3v) is 10.3. The number of carbonyl (C=O) groups excluding carboxylic acids is 2. The van der Waals surface area contributed by atoms with Crippen LogP contribution in [0.3, 0.4) is 0 Å². The van der Waals surface area contributed by atoms with Crippen LogP contribution in [0, 0.1) is 0 Å². The second-order valence-corrected chi connectivity index (χ2v) is 13.9. The molecule has 0 spiro atoms. The lowest BCUT2D eigenvalue weighted by atomic mass is 9.98. The van der Waals surface area contributed by atoms with E-state index in [1.165, 1.54) is 0 Å². The Morgan fingerprint density at radius 3 is 2.26 bits per heavy atom. The summed E-state index contributed by atoms with van der Waals surface area (Å²) in [6.07, 6.45) is -1.22. The van der Waals surface area contributed by atoms with Crippen molar-refractivity contribution in [3.05, 3.63) is 114 Å². The number of aromatic nitrogens is 2. The molecule has 14 heteroatoms. The number of amides is 2. The Labute approximate surface area is 311 Å². The fourth-order valence-electron chi connectivity index (χ4n) is 7.35. The molecule has 0 bridgehead atoms. The zero-order valence-corrected chi connectivity index (χ0v) is 29.7. The number of nitrogens with zero attached hydrogens (tertiary/aromatic N) is 5. The van der Waals surface area contributed by atoms with Crippen LogP contribution in [0.2, 0.25) is 0 Å². The number of benzene rings is 3. The van der Waals surface area contributed by atoms with Gasteiger partial charge in [0.15, 0.2) is 6.29 Å². The molecule has 3 aromatic carbocycles. The lowest BCUT2D eigenvalue weighted by Gasteiger charge is -2.40. The lowest BCUT2D eigenvalue weighted by Crippen LogP contribution is -2.50. The van der Waals surface area contributed by atoms with Gasteiger partial charge in [-0.05, 0) is 52.8 Å². The minimum absolute atomic E-state index is 0.0310. The molecule has 4 aromatic rings. The summed E-state index contributed by atoms with van der Waals surface area (Å²) in [4.78, 5) is 38.7. The van der Waals surface area contributed by atoms with Crippen LogP contribution in [-0.2, 0) is 32.2 Å². The summed E-state index contributed by atoms with van der Waals surface area (Å²) in [6.45, 7) is 4.07. The molecule has 0 radical (unpaired) electrons. The van der Waals surface area contributed by atoms with E-state index in [2.05, 4.69) is 25.1 Å². The highest BCUT2D eigenvalue weighted by atomic mass is 19.4. The number of halogens is 3. The lowest BCUT2D eigenvalue weighted by molar-refractivity contribution is -0.253. The van der Waals surface area contributed by atoms with Crippen LogP contribution in [0.4, 0.5) is 19.1 Å². The molecule has 3 fully saturated rings. The number of rotatable bonds is 10. The quantitative estimate of drug-likeness (QED) is 0.227. The predicted octanol–water partition coefficient (Wildman–Crippen LogP) is 5.17. The summed E-state index contributed by atoms with van der Waals surface area (Å²) < 4.78 is 52.3. The normalized spacial score (nSPS) is 22.3. The Morgan fingerprint density at radius 2 is 1.56 bits per heavy atom. The van der Waals surface area contributed by atoms with Gasteiger partial charge in [0.2, 0.25) is 11.9 Å². The highest BCUT2D eigenvalue weighted by Gasteiger charge is 2.47. The minimum Gasteiger partial charge on any atom is -0.392 e. The van der Waals surface area contributed by atoms with Crippen LogP contribution in [0.25, 0.3) is 11.1 Å². The highest BCUT2D eigenvalue weighted by Crippen LogP contribution is 2.39. The van der Waals surface area contributed by atoms with Gasteiger partial charge in [-0.3, -0.25) is 14.5 Å². The Balaban J connectivity index is 1.00. The van der Waals surface area contributed by atoms with Crippen molar-refractivity contribution < 1.29 is 37.3 Å². The minimum atomic E-state index is -5.02. The number of carbonyl (C=O) groups is 2. The maximum Gasteiger partial charge on any atom is 0.471 e. The van der Waals surface area contributed by atoms with Crippen molar-refractivity contribution in [2.24, 2.45) is 0 Å². The Kier molecular flexibility index (Phi) is 11.5. The number of ether oxygens (including phenoxy) is 2. The average molecular weight is 745 g/mol. The summed E-state index contributed by atoms with van der Waals surface area (Å²) in [5.74, 6) is -1.84. The average Bonchev–Trinajstić information content (AvgIpc) is 3.70. The molecular weight excluding hydrogens is 701 g/mol. The summed E-state index contributed by atoms with van der Waals surface area (Å²) in [5, 5.41) is 12.3. The first-order chi connectivity index (χ1) is 26.1. The molecular formula is C40H43F3N6O5. The van der Waals surface area contributed by atoms with E-state index in [0.29, 0.717) is 17.7 Å². The van der Waals surface area contributed by atoms with Crippen LogP contribution >= 0.6 is 0 Å². The number of likely N-dealkylation sites (tertiary alicyclic amines) is 1. The van der Waals surface area contributed by atoms with E-state index in [0.717, 1.165) is 72.1 Å². The van der Waals surface area contributed by atoms with E-state index in [-0.39, 0.29) is 38.3 Å². The zero-order valence-electron chi connectivity index (χ0n) is 29.7. The summed E-state index contributed by atoms with van der Waals surface area (Å²) in [5.41, 5.74) is 5.31. The maximum absolute atomic E-state index is 13.0. The number of hydrogen-bond donors (Lipinski definition) is 2. The van der Waals surface area contributed by atoms with Crippen molar-refractivity contribution in [2.75, 3.05) is 44.2 Å². The second-order valence-electron chi connectivity index (χ2n) is 13.9. The molecule has 1 aromatic heterocycles. The second kappa shape index (κ2) is 16.6. The van der Waals surface area contributed by atoms with Gasteiger partial charge in [-0.2, -0.15) is 13.2 Å². The fraction of sp³-hybridized carbons (Fsp3) is 0.400. The number of aliphatic hydroxyl groups excluding tert-OH is 1. The van der Waals surface area contributed by atoms with E-state index < -0.39 is 30.3 Å². The predicted molar refractivity (Wildman–Crippen MR) is 194 cm³/mol. The first-order valence-electron chi connectivity index (χ1n) is 18.2. The van der Waals surface area contributed by atoms with Gasteiger partial charge < -0.3 is 29.7 Å². The molecule has 7 rings (SSSR count). The molecule has 0 saturated carbocycles. The van der Waals surface area contributed by atoms with Crippen molar-refractivity contribution in [2.45, 2.75) is 63.1 Å². The number of nitrogens with one attached hydrogen (secondary N) is 1. The molecule has 3 aliphatic rings. The monoisotopic (exact) mass is 744 g/mol. The Morgan fingerprint density at radius 1 is 0.833 bits per heavy atom. The van der Waals surface area contributed by atoms with Crippen molar-refractivity contribution in [3.8, 4) is 11.1 Å². The number of anilines is 1. The first-order valence-corrected chi connectivity index (χ1v) is 18.2. The van der Waals surface area contributed by atoms with Gasteiger partial charge in [0.25, 0.3) is 0 Å². The maximum atomic E-state index is 13.0. The van der Waals surface area contributed by atoms with E-state index in [1.807, 2.05) is 78.9 Å². The SMILES string of the molecule is O=C(NCc1cccc(-c2ccc([C@@H]3O[C@H](CN4CCN(c5ncccn5)CC4)C[C@H](c4ccc(CO)cc4)O3)cc2)c1)[C@@H]1CCCN1C(=O)C(F)(F)F. The molecule has 4 atom stereocenters. The number of alkyl halides is 3. The number of aliphatic hydroxyl groups is 1. The molecule has 2 amide bonds. The van der Waals surface area contributed by atoms with Gasteiger partial charge in [0, 0.05) is 70.2 Å². The van der Waals surface area contributed by atoms with E-state index >= 15 is 0 Å². The van der Waals surface area contributed by atoms with E-state index in [9.17, 15) is 27.9 Å². The van der Waals surface area contributed by atoms with Crippen LogP contribution in [0.5, 0.6) is 0 Å². The van der Waals surface area contributed by atoms with Gasteiger partial charge in [0.1, 0.15) is 6.04 Å². The molecule has 2 N–H and O–H groups in total. The summed E-state index contributed by atoms with van der Waals surface area (Å²) in [6, 6.07) is 24.0. The zero-order chi connectivity index (χ0) is 37.7. The van der Waals surface area contributed by atoms with Crippen molar-refractivity contribution >= 4 is 17.8 Å². The van der Waals surface area contributed by atoms with E-state index in [4.69, 9.17) is 9.47 Å². The fourth-order valence-corrected chi connectivity index (χ4v) is 7.35. The highest BCUT2D eigenvalue weighted by molar-refractivity contribution is 5.90. The van der Waals surface area contributed by atoms with Crippen molar-refractivity contribution in [3.63, 3.8) is 0 Å². The van der Waals surface area contributed by atoms with Crippen LogP contribution < -0.4 is 10.2 Å². The van der Waals surface area contributed by atoms with Gasteiger partial charge in [-0.15, -0.1) is 0 Å². The third kappa shape index (κ3) is 8.90. The van der Waals surface area contributed by atoms with Crippen LogP contribution in [0.1, 0.15) is 53.9 Å². The molecule has 11 nitrogen and oxygen atoms in total. The molecule has 3 aliphatic heterocycles. The van der Waals surface area contributed by atoms with Crippen molar-refractivity contribution in [1.29, 1.82) is 0 Å². The van der Waals surface area contributed by atoms with Gasteiger partial charge in [-0.1, -0.05) is 66.7 Å². The third-order valence-electron chi connectivity index (χ3n) is 10.3. The topological polar surface area (TPSA) is 120 Å². The standard InChI is InChI=1S/C40H43F3N6O5/c41-40(42,43)38(52)49-17-2-6-34(49)36(51)46-24-28-4-1-5-32(22-28)29-11-13-31(14-12-29)37-53-33(23-35(54-37)30-9-7-27(26-50)8-10-30)25-47-18-20-48(21-19-47)39-44-15-3-16-45-39/h1,3-5,7-16,22,33-35,37,50H,2,6,17-21,23-26H2,(H,46,51)/t33-,34-,35+,37+/m0/s1. The molecule has 0 unspecified atom stereocenters. The van der Waals surface area contributed by atoms with Crippen molar-refractivity contribution in [1.82, 2.24) is 25.1 Å². The van der Waals surface area contributed by atoms with Gasteiger partial charge in [0.05, 0.1) is 18.8 Å². The smallest absolute Gasteiger partial charge is 0.392 e. The first kappa shape index (κ1) is 37.4. The van der Waals surface area contributed by atoms with Gasteiger partial charge in [-0.25, -0.2) is 9.97 Å². The summed E-state index contributed by atoms with van der Waals surface area (Å²) >= 11 is 0. The molecule has 54 heavy (non-hydrogen) atoms. The Bertz CT molecular complexity index is 1870. The largest absolute Gasteiger partial charge is 0.471 e. The van der Waals surface area contributed by atoms with Crippen LogP contribution in [-0.4, -0.2) is 94.3 Å². The molecule has 284 valence electrons. The van der Waals surface area contributed by atoms with Crippen LogP contribution in [0.15, 0.2) is 91.3 Å². The number of piperazine rings is 1. The molecule has 4 heterocycles. The number of hydrogen-bond acceptors (Lipinski definition) is 9. The van der Waals surface area contributed by atoms with Gasteiger partial charge >= 0.3 is 12.1 Å². The molecule has 0 aliphatic carbocycles. The molecule has 3 saturated heterocycles. The van der Waals surface area contributed by atoms with E-state index in [1.54, 1.807) is 12.4 Å².